The molecule has 0 amide bonds. The Morgan fingerprint density at radius 2 is 1.73 bits per heavy atom. The molecule has 4 rings (SSSR count). The third-order valence-corrected chi connectivity index (χ3v) is 5.07. The summed E-state index contributed by atoms with van der Waals surface area (Å²) in [5.41, 5.74) is 2.04. The van der Waals surface area contributed by atoms with Crippen LogP contribution in [0.1, 0.15) is 35.7 Å². The average molecular weight is 350 g/mol. The molecule has 5 heteroatoms. The molecule has 3 aromatic rings. The number of benzene rings is 2. The van der Waals surface area contributed by atoms with E-state index in [4.69, 9.17) is 19.0 Å². The van der Waals surface area contributed by atoms with Crippen LogP contribution in [0.5, 0.6) is 5.75 Å². The van der Waals surface area contributed by atoms with Crippen molar-refractivity contribution in [2.75, 3.05) is 20.3 Å². The standard InChI is InChI=1S/C21H22N2O3/c1-24-18-9-7-17(8-10-18)21(11-13-25-14-12-21)20-22-19(23-26-20)15-16-5-3-2-4-6-16/h2-10H,11-15H2,1H3. The van der Waals surface area contributed by atoms with Gasteiger partial charge in [0.15, 0.2) is 5.82 Å². The molecule has 0 aliphatic carbocycles. The zero-order valence-corrected chi connectivity index (χ0v) is 14.9. The Bertz CT molecular complexity index is 837. The second-order valence-electron chi connectivity index (χ2n) is 6.60. The van der Waals surface area contributed by atoms with Crippen LogP contribution in [0, 0.1) is 0 Å². The number of methoxy groups -OCH3 is 1. The van der Waals surface area contributed by atoms with Crippen molar-refractivity contribution in [1.29, 1.82) is 0 Å². The summed E-state index contributed by atoms with van der Waals surface area (Å²) >= 11 is 0. The van der Waals surface area contributed by atoms with Gasteiger partial charge in [0.25, 0.3) is 0 Å². The highest BCUT2D eigenvalue weighted by atomic mass is 16.5. The number of ether oxygens (including phenoxy) is 2. The summed E-state index contributed by atoms with van der Waals surface area (Å²) in [5.74, 6) is 2.23. The van der Waals surface area contributed by atoms with Crippen LogP contribution >= 0.6 is 0 Å². The van der Waals surface area contributed by atoms with Crippen molar-refractivity contribution in [3.05, 3.63) is 77.4 Å². The first-order valence-corrected chi connectivity index (χ1v) is 8.89. The molecule has 1 saturated heterocycles. The number of hydrogen-bond donors (Lipinski definition) is 0. The van der Waals surface area contributed by atoms with E-state index in [0.29, 0.717) is 31.3 Å². The minimum Gasteiger partial charge on any atom is -0.497 e. The zero-order chi connectivity index (χ0) is 17.8. The number of hydrogen-bond acceptors (Lipinski definition) is 5. The van der Waals surface area contributed by atoms with Crippen LogP contribution in [0.2, 0.25) is 0 Å². The van der Waals surface area contributed by atoms with Crippen molar-refractivity contribution in [3.8, 4) is 5.75 Å². The maximum absolute atomic E-state index is 5.74. The summed E-state index contributed by atoms with van der Waals surface area (Å²) in [6.07, 6.45) is 2.32. The quantitative estimate of drug-likeness (QED) is 0.701. The number of aromatic nitrogens is 2. The largest absolute Gasteiger partial charge is 0.497 e. The molecule has 1 fully saturated rings. The normalized spacial score (nSPS) is 16.3. The Morgan fingerprint density at radius 3 is 2.42 bits per heavy atom. The molecule has 2 heterocycles. The molecule has 1 aromatic heterocycles. The van der Waals surface area contributed by atoms with Gasteiger partial charge < -0.3 is 14.0 Å². The van der Waals surface area contributed by atoms with Gasteiger partial charge in [-0.15, -0.1) is 0 Å². The first kappa shape index (κ1) is 16.8. The Morgan fingerprint density at radius 1 is 1.00 bits per heavy atom. The van der Waals surface area contributed by atoms with Crippen LogP contribution in [0.4, 0.5) is 0 Å². The molecule has 0 radical (unpaired) electrons. The topological polar surface area (TPSA) is 57.4 Å². The van der Waals surface area contributed by atoms with E-state index in [1.807, 2.05) is 30.3 Å². The van der Waals surface area contributed by atoms with Gasteiger partial charge in [-0.1, -0.05) is 47.6 Å². The van der Waals surface area contributed by atoms with Gasteiger partial charge >= 0.3 is 0 Å². The van der Waals surface area contributed by atoms with Gasteiger partial charge in [-0.2, -0.15) is 4.98 Å². The van der Waals surface area contributed by atoms with E-state index in [2.05, 4.69) is 29.4 Å². The minimum atomic E-state index is -0.299. The summed E-state index contributed by atoms with van der Waals surface area (Å²) in [5, 5.41) is 4.24. The molecule has 134 valence electrons. The van der Waals surface area contributed by atoms with E-state index >= 15 is 0 Å². The maximum atomic E-state index is 5.74. The predicted molar refractivity (Wildman–Crippen MR) is 97.4 cm³/mol. The van der Waals surface area contributed by atoms with Gasteiger partial charge in [0.05, 0.1) is 12.5 Å². The molecule has 0 atom stereocenters. The lowest BCUT2D eigenvalue weighted by Crippen LogP contribution is -2.35. The Kier molecular flexibility index (Phi) is 4.71. The van der Waals surface area contributed by atoms with Crippen LogP contribution in [-0.4, -0.2) is 30.5 Å². The Labute approximate surface area is 153 Å². The van der Waals surface area contributed by atoms with Crippen LogP contribution < -0.4 is 4.74 Å². The van der Waals surface area contributed by atoms with E-state index in [1.165, 1.54) is 5.56 Å². The second-order valence-corrected chi connectivity index (χ2v) is 6.60. The van der Waals surface area contributed by atoms with Crippen LogP contribution in [0.3, 0.4) is 0 Å². The van der Waals surface area contributed by atoms with Crippen molar-refractivity contribution < 1.29 is 14.0 Å². The summed E-state index contributed by atoms with van der Waals surface area (Å²) in [4.78, 5) is 4.76. The smallest absolute Gasteiger partial charge is 0.237 e. The fourth-order valence-corrected chi connectivity index (χ4v) is 3.55. The van der Waals surface area contributed by atoms with Gasteiger partial charge in [0.1, 0.15) is 5.75 Å². The zero-order valence-electron chi connectivity index (χ0n) is 14.9. The molecule has 0 saturated carbocycles. The van der Waals surface area contributed by atoms with E-state index in [1.54, 1.807) is 7.11 Å². The predicted octanol–water partition coefficient (Wildman–Crippen LogP) is 3.77. The van der Waals surface area contributed by atoms with E-state index in [-0.39, 0.29) is 5.41 Å². The van der Waals surface area contributed by atoms with E-state index in [0.717, 1.165) is 24.2 Å². The van der Waals surface area contributed by atoms with Crippen molar-refractivity contribution >= 4 is 0 Å². The highest BCUT2D eigenvalue weighted by Gasteiger charge is 2.41. The van der Waals surface area contributed by atoms with Gasteiger partial charge in [-0.05, 0) is 36.1 Å². The minimum absolute atomic E-state index is 0.299. The molecular weight excluding hydrogens is 328 g/mol. The van der Waals surface area contributed by atoms with Crippen LogP contribution in [-0.2, 0) is 16.6 Å². The maximum Gasteiger partial charge on any atom is 0.237 e. The molecule has 26 heavy (non-hydrogen) atoms. The van der Waals surface area contributed by atoms with Crippen molar-refractivity contribution in [3.63, 3.8) is 0 Å². The van der Waals surface area contributed by atoms with Gasteiger partial charge in [-0.3, -0.25) is 0 Å². The van der Waals surface area contributed by atoms with Crippen molar-refractivity contribution in [2.24, 2.45) is 0 Å². The molecule has 1 aliphatic rings. The van der Waals surface area contributed by atoms with Gasteiger partial charge in [0, 0.05) is 19.6 Å². The summed E-state index contributed by atoms with van der Waals surface area (Å²) in [6.45, 7) is 1.37. The number of rotatable bonds is 5. The SMILES string of the molecule is COc1ccc(C2(c3nc(Cc4ccccc4)no3)CCOCC2)cc1. The third kappa shape index (κ3) is 3.22. The van der Waals surface area contributed by atoms with Crippen LogP contribution in [0.15, 0.2) is 59.1 Å². The highest BCUT2D eigenvalue weighted by Crippen LogP contribution is 2.41. The fourth-order valence-electron chi connectivity index (χ4n) is 3.55. The Hall–Kier alpha value is -2.66. The molecule has 0 spiro atoms. The molecule has 0 bridgehead atoms. The van der Waals surface area contributed by atoms with Crippen molar-refractivity contribution in [1.82, 2.24) is 10.1 Å². The van der Waals surface area contributed by atoms with Gasteiger partial charge in [0.2, 0.25) is 5.89 Å². The monoisotopic (exact) mass is 350 g/mol. The Balaban J connectivity index is 1.66. The summed E-state index contributed by atoms with van der Waals surface area (Å²) in [6, 6.07) is 18.3. The average Bonchev–Trinajstić information content (AvgIpc) is 3.18. The molecule has 0 unspecified atom stereocenters. The molecular formula is C21H22N2O3. The second kappa shape index (κ2) is 7.30. The molecule has 1 aliphatic heterocycles. The van der Waals surface area contributed by atoms with Crippen LogP contribution in [0.25, 0.3) is 0 Å². The van der Waals surface area contributed by atoms with Crippen molar-refractivity contribution in [2.45, 2.75) is 24.7 Å². The molecule has 0 N–H and O–H groups in total. The lowest BCUT2D eigenvalue weighted by molar-refractivity contribution is 0.0523. The first-order valence-electron chi connectivity index (χ1n) is 8.89. The van der Waals surface area contributed by atoms with Gasteiger partial charge in [-0.25, -0.2) is 0 Å². The van der Waals surface area contributed by atoms with E-state index in [9.17, 15) is 0 Å². The van der Waals surface area contributed by atoms with E-state index < -0.39 is 0 Å². The lowest BCUT2D eigenvalue weighted by Gasteiger charge is -2.34. The summed E-state index contributed by atoms with van der Waals surface area (Å²) in [7, 11) is 1.67. The molecule has 5 nitrogen and oxygen atoms in total. The molecule has 2 aromatic carbocycles. The fraction of sp³-hybridized carbons (Fsp3) is 0.333. The lowest BCUT2D eigenvalue weighted by atomic mass is 9.74. The summed E-state index contributed by atoms with van der Waals surface area (Å²) < 4.78 is 16.6. The third-order valence-electron chi connectivity index (χ3n) is 5.07. The number of nitrogens with zero attached hydrogens (tertiary/aromatic N) is 2. The highest BCUT2D eigenvalue weighted by molar-refractivity contribution is 5.37. The first-order chi connectivity index (χ1) is 12.8.